The number of halogens is 2. The van der Waals surface area contributed by atoms with Crippen LogP contribution in [0.5, 0.6) is 0 Å². The van der Waals surface area contributed by atoms with E-state index in [1.807, 2.05) is 6.92 Å². The van der Waals surface area contributed by atoms with E-state index in [0.717, 1.165) is 11.3 Å². The molecular formula is C14H11Cl2NO. The standard InChI is InChI=1S/C14H11Cl2NO/c1-9-8-10(15)6-7-13(9)17-14(18)11-4-2-3-5-12(11)16/h2-8H,1H3,(H,17,18). The third-order valence-electron chi connectivity index (χ3n) is 2.56. The van der Waals surface area contributed by atoms with E-state index in [9.17, 15) is 4.79 Å². The molecule has 0 aliphatic heterocycles. The average Bonchev–Trinajstić information content (AvgIpc) is 2.33. The molecule has 0 atom stereocenters. The molecule has 0 spiro atoms. The Hall–Kier alpha value is -1.51. The number of hydrogen-bond donors (Lipinski definition) is 1. The van der Waals surface area contributed by atoms with Gasteiger partial charge < -0.3 is 5.32 Å². The molecule has 0 aliphatic rings. The number of amides is 1. The van der Waals surface area contributed by atoms with Crippen LogP contribution in [0.1, 0.15) is 15.9 Å². The van der Waals surface area contributed by atoms with Gasteiger partial charge in [0, 0.05) is 10.7 Å². The van der Waals surface area contributed by atoms with Crippen LogP contribution in [0.3, 0.4) is 0 Å². The fourth-order valence-corrected chi connectivity index (χ4v) is 2.05. The fourth-order valence-electron chi connectivity index (χ4n) is 1.60. The zero-order valence-corrected chi connectivity index (χ0v) is 11.2. The number of carbonyl (C=O) groups excluding carboxylic acids is 1. The molecule has 0 heterocycles. The first-order chi connectivity index (χ1) is 8.58. The van der Waals surface area contributed by atoms with Crippen molar-refractivity contribution in [3.05, 3.63) is 63.6 Å². The molecule has 2 rings (SSSR count). The summed E-state index contributed by atoms with van der Waals surface area (Å²) in [6, 6.07) is 12.2. The van der Waals surface area contributed by atoms with Gasteiger partial charge >= 0.3 is 0 Å². The molecule has 4 heteroatoms. The van der Waals surface area contributed by atoms with Crippen molar-refractivity contribution in [3.63, 3.8) is 0 Å². The SMILES string of the molecule is Cc1cc(Cl)ccc1NC(=O)c1ccccc1Cl. The van der Waals surface area contributed by atoms with Gasteiger partial charge in [-0.05, 0) is 42.8 Å². The monoisotopic (exact) mass is 279 g/mol. The highest BCUT2D eigenvalue weighted by atomic mass is 35.5. The Bertz CT molecular complexity index is 596. The summed E-state index contributed by atoms with van der Waals surface area (Å²) in [5.41, 5.74) is 2.08. The molecular weight excluding hydrogens is 269 g/mol. The molecule has 0 fully saturated rings. The summed E-state index contributed by atoms with van der Waals surface area (Å²) in [6.45, 7) is 1.88. The average molecular weight is 280 g/mol. The van der Waals surface area contributed by atoms with Crippen LogP contribution in [0.2, 0.25) is 10.0 Å². The van der Waals surface area contributed by atoms with E-state index < -0.39 is 0 Å². The molecule has 0 saturated heterocycles. The Morgan fingerprint density at radius 3 is 2.50 bits per heavy atom. The van der Waals surface area contributed by atoms with Gasteiger partial charge in [0.1, 0.15) is 0 Å². The molecule has 0 aliphatic carbocycles. The van der Waals surface area contributed by atoms with Crippen molar-refractivity contribution in [2.45, 2.75) is 6.92 Å². The van der Waals surface area contributed by atoms with Crippen molar-refractivity contribution < 1.29 is 4.79 Å². The molecule has 0 unspecified atom stereocenters. The Kier molecular flexibility index (Phi) is 3.90. The minimum atomic E-state index is -0.231. The number of rotatable bonds is 2. The van der Waals surface area contributed by atoms with Gasteiger partial charge in [0.2, 0.25) is 0 Å². The van der Waals surface area contributed by atoms with Crippen molar-refractivity contribution in [2.75, 3.05) is 5.32 Å². The highest BCUT2D eigenvalue weighted by molar-refractivity contribution is 6.34. The topological polar surface area (TPSA) is 29.1 Å². The van der Waals surface area contributed by atoms with Crippen LogP contribution in [0.15, 0.2) is 42.5 Å². The quantitative estimate of drug-likeness (QED) is 0.858. The van der Waals surface area contributed by atoms with Crippen LogP contribution in [-0.4, -0.2) is 5.91 Å². The summed E-state index contributed by atoms with van der Waals surface area (Å²) in [6.07, 6.45) is 0. The zero-order valence-electron chi connectivity index (χ0n) is 9.71. The molecule has 0 aromatic heterocycles. The molecule has 18 heavy (non-hydrogen) atoms. The lowest BCUT2D eigenvalue weighted by atomic mass is 10.1. The second-order valence-electron chi connectivity index (χ2n) is 3.89. The summed E-state index contributed by atoms with van der Waals surface area (Å²) in [5.74, 6) is -0.231. The molecule has 0 bridgehead atoms. The minimum Gasteiger partial charge on any atom is -0.322 e. The maximum atomic E-state index is 12.0. The smallest absolute Gasteiger partial charge is 0.257 e. The first kappa shape index (κ1) is 12.9. The largest absolute Gasteiger partial charge is 0.322 e. The van der Waals surface area contributed by atoms with Gasteiger partial charge in [-0.2, -0.15) is 0 Å². The maximum Gasteiger partial charge on any atom is 0.257 e. The lowest BCUT2D eigenvalue weighted by molar-refractivity contribution is 0.102. The first-order valence-electron chi connectivity index (χ1n) is 5.40. The molecule has 0 radical (unpaired) electrons. The third kappa shape index (κ3) is 2.84. The van der Waals surface area contributed by atoms with Gasteiger partial charge in [0.25, 0.3) is 5.91 Å². The molecule has 0 saturated carbocycles. The number of anilines is 1. The lowest BCUT2D eigenvalue weighted by Crippen LogP contribution is -2.13. The predicted molar refractivity (Wildman–Crippen MR) is 75.6 cm³/mol. The van der Waals surface area contributed by atoms with E-state index in [0.29, 0.717) is 15.6 Å². The normalized spacial score (nSPS) is 10.2. The van der Waals surface area contributed by atoms with Crippen molar-refractivity contribution in [3.8, 4) is 0 Å². The van der Waals surface area contributed by atoms with Crippen molar-refractivity contribution >= 4 is 34.8 Å². The van der Waals surface area contributed by atoms with Crippen LogP contribution in [0, 0.1) is 6.92 Å². The Morgan fingerprint density at radius 2 is 1.83 bits per heavy atom. The Morgan fingerprint density at radius 1 is 1.11 bits per heavy atom. The highest BCUT2D eigenvalue weighted by Gasteiger charge is 2.10. The van der Waals surface area contributed by atoms with E-state index >= 15 is 0 Å². The summed E-state index contributed by atoms with van der Waals surface area (Å²) in [5, 5.41) is 3.89. The van der Waals surface area contributed by atoms with Gasteiger partial charge in [0.15, 0.2) is 0 Å². The molecule has 2 aromatic rings. The van der Waals surface area contributed by atoms with E-state index in [1.165, 1.54) is 0 Å². The number of nitrogens with one attached hydrogen (secondary N) is 1. The summed E-state index contributed by atoms with van der Waals surface area (Å²) in [4.78, 5) is 12.0. The first-order valence-corrected chi connectivity index (χ1v) is 6.15. The minimum absolute atomic E-state index is 0.231. The van der Waals surface area contributed by atoms with Gasteiger partial charge in [0.05, 0.1) is 10.6 Å². The molecule has 92 valence electrons. The second kappa shape index (κ2) is 5.42. The Labute approximate surface area is 116 Å². The van der Waals surface area contributed by atoms with Crippen molar-refractivity contribution in [2.24, 2.45) is 0 Å². The van der Waals surface area contributed by atoms with E-state index in [1.54, 1.807) is 42.5 Å². The van der Waals surface area contributed by atoms with Crippen LogP contribution in [0.25, 0.3) is 0 Å². The summed E-state index contributed by atoms with van der Waals surface area (Å²) < 4.78 is 0. The number of hydrogen-bond acceptors (Lipinski definition) is 1. The predicted octanol–water partition coefficient (Wildman–Crippen LogP) is 4.55. The van der Waals surface area contributed by atoms with Gasteiger partial charge in [-0.3, -0.25) is 4.79 Å². The van der Waals surface area contributed by atoms with Gasteiger partial charge in [-0.25, -0.2) is 0 Å². The van der Waals surface area contributed by atoms with Crippen molar-refractivity contribution in [1.82, 2.24) is 0 Å². The van der Waals surface area contributed by atoms with Gasteiger partial charge in [-0.15, -0.1) is 0 Å². The van der Waals surface area contributed by atoms with Crippen molar-refractivity contribution in [1.29, 1.82) is 0 Å². The maximum absolute atomic E-state index is 12.0. The van der Waals surface area contributed by atoms with Crippen LogP contribution in [0.4, 0.5) is 5.69 Å². The molecule has 1 N–H and O–H groups in total. The second-order valence-corrected chi connectivity index (χ2v) is 4.74. The summed E-state index contributed by atoms with van der Waals surface area (Å²) in [7, 11) is 0. The van der Waals surface area contributed by atoms with Gasteiger partial charge in [-0.1, -0.05) is 35.3 Å². The third-order valence-corrected chi connectivity index (χ3v) is 3.12. The van der Waals surface area contributed by atoms with Crippen LogP contribution in [-0.2, 0) is 0 Å². The number of aryl methyl sites for hydroxylation is 1. The molecule has 1 amide bonds. The van der Waals surface area contributed by atoms with E-state index in [4.69, 9.17) is 23.2 Å². The Balaban J connectivity index is 2.24. The molecule has 2 aromatic carbocycles. The zero-order chi connectivity index (χ0) is 13.1. The number of carbonyl (C=O) groups is 1. The fraction of sp³-hybridized carbons (Fsp3) is 0.0714. The lowest BCUT2D eigenvalue weighted by Gasteiger charge is -2.09. The van der Waals surface area contributed by atoms with Crippen LogP contribution < -0.4 is 5.32 Å². The molecule has 2 nitrogen and oxygen atoms in total. The number of benzene rings is 2. The van der Waals surface area contributed by atoms with E-state index in [-0.39, 0.29) is 5.91 Å². The highest BCUT2D eigenvalue weighted by Crippen LogP contribution is 2.22. The summed E-state index contributed by atoms with van der Waals surface area (Å²) >= 11 is 11.8. The van der Waals surface area contributed by atoms with E-state index in [2.05, 4.69) is 5.32 Å². The van der Waals surface area contributed by atoms with Crippen LogP contribution >= 0.6 is 23.2 Å².